The third kappa shape index (κ3) is 5.46. The van der Waals surface area contributed by atoms with E-state index >= 15 is 0 Å². The number of aliphatic hydroxyl groups is 1. The molecule has 37 heavy (non-hydrogen) atoms. The van der Waals surface area contributed by atoms with Gasteiger partial charge in [0.1, 0.15) is 17.7 Å². The summed E-state index contributed by atoms with van der Waals surface area (Å²) in [5, 5.41) is 10.3. The fourth-order valence-electron chi connectivity index (χ4n) is 4.02. The van der Waals surface area contributed by atoms with E-state index in [-0.39, 0.29) is 28.6 Å². The molecule has 4 rings (SSSR count). The molecule has 2 unspecified atom stereocenters. The predicted octanol–water partition coefficient (Wildman–Crippen LogP) is 6.40. The standard InChI is InChI=1S/C26H22ClF4NO4S/c1-15(25-20(27)7-4-8-21(25)28)11-17-9-10-23-22(12-17)32(14-24(36-23)16(2)33)37(34,35)19-6-3-5-18(13-19)26(29,30)31/h3-13,16,24,33H,14H2,1-2H3. The van der Waals surface area contributed by atoms with Gasteiger partial charge >= 0.3 is 6.18 Å². The van der Waals surface area contributed by atoms with Crippen LogP contribution in [0.3, 0.4) is 0 Å². The van der Waals surface area contributed by atoms with Crippen molar-refractivity contribution in [3.63, 3.8) is 0 Å². The van der Waals surface area contributed by atoms with Gasteiger partial charge < -0.3 is 9.84 Å². The molecule has 1 N–H and O–H groups in total. The molecular formula is C26H22ClF4NO4S. The van der Waals surface area contributed by atoms with Crippen molar-refractivity contribution in [2.45, 2.75) is 37.1 Å². The number of halogens is 5. The van der Waals surface area contributed by atoms with Gasteiger partial charge in [-0.25, -0.2) is 12.8 Å². The zero-order chi connectivity index (χ0) is 27.1. The predicted molar refractivity (Wildman–Crippen MR) is 133 cm³/mol. The number of nitrogens with zero attached hydrogens (tertiary/aromatic N) is 1. The quantitative estimate of drug-likeness (QED) is 0.292. The van der Waals surface area contributed by atoms with E-state index in [0.717, 1.165) is 22.5 Å². The summed E-state index contributed by atoms with van der Waals surface area (Å²) in [7, 11) is -4.50. The number of aliphatic hydroxyl groups excluding tert-OH is 1. The Morgan fingerprint density at radius 3 is 2.51 bits per heavy atom. The Morgan fingerprint density at radius 1 is 1.16 bits per heavy atom. The van der Waals surface area contributed by atoms with Crippen LogP contribution in [0.15, 0.2) is 65.6 Å². The Labute approximate surface area is 216 Å². The second-order valence-electron chi connectivity index (χ2n) is 8.61. The molecular weight excluding hydrogens is 534 g/mol. The van der Waals surface area contributed by atoms with Gasteiger partial charge in [-0.1, -0.05) is 35.9 Å². The highest BCUT2D eigenvalue weighted by molar-refractivity contribution is 7.92. The van der Waals surface area contributed by atoms with Crippen LogP contribution in [0.25, 0.3) is 11.6 Å². The van der Waals surface area contributed by atoms with Crippen LogP contribution in [0.2, 0.25) is 5.02 Å². The lowest BCUT2D eigenvalue weighted by Gasteiger charge is -2.36. The largest absolute Gasteiger partial charge is 0.484 e. The summed E-state index contributed by atoms with van der Waals surface area (Å²) in [6, 6.07) is 12.3. The van der Waals surface area contributed by atoms with Crippen LogP contribution >= 0.6 is 11.6 Å². The van der Waals surface area contributed by atoms with E-state index in [0.29, 0.717) is 17.2 Å². The molecule has 1 aliphatic heterocycles. The second-order valence-corrected chi connectivity index (χ2v) is 10.9. The maximum Gasteiger partial charge on any atom is 0.416 e. The highest BCUT2D eigenvalue weighted by Crippen LogP contribution is 2.40. The maximum absolute atomic E-state index is 14.4. The van der Waals surface area contributed by atoms with Crippen LogP contribution in [0.5, 0.6) is 5.75 Å². The van der Waals surface area contributed by atoms with Crippen LogP contribution in [0, 0.1) is 5.82 Å². The molecule has 3 aromatic carbocycles. The van der Waals surface area contributed by atoms with Gasteiger partial charge in [-0.3, -0.25) is 4.31 Å². The Hall–Kier alpha value is -3.08. The van der Waals surface area contributed by atoms with Gasteiger partial charge in [0, 0.05) is 5.56 Å². The number of rotatable bonds is 5. The van der Waals surface area contributed by atoms with Gasteiger partial charge in [0.2, 0.25) is 0 Å². The van der Waals surface area contributed by atoms with Crippen molar-refractivity contribution in [1.29, 1.82) is 0 Å². The molecule has 0 fully saturated rings. The van der Waals surface area contributed by atoms with Crippen LogP contribution in [-0.4, -0.2) is 32.3 Å². The first kappa shape index (κ1) is 27.0. The van der Waals surface area contributed by atoms with Gasteiger partial charge in [0.25, 0.3) is 10.0 Å². The molecule has 0 amide bonds. The monoisotopic (exact) mass is 555 g/mol. The molecule has 0 aromatic heterocycles. The number of allylic oxidation sites excluding steroid dienone is 1. The molecule has 1 aliphatic rings. The zero-order valence-corrected chi connectivity index (χ0v) is 21.2. The smallest absolute Gasteiger partial charge is 0.416 e. The van der Waals surface area contributed by atoms with E-state index in [1.165, 1.54) is 37.3 Å². The first-order chi connectivity index (χ1) is 17.3. The molecule has 0 saturated carbocycles. The van der Waals surface area contributed by atoms with Crippen molar-refractivity contribution < 1.29 is 35.8 Å². The summed E-state index contributed by atoms with van der Waals surface area (Å²) in [5.41, 5.74) is 0.0762. The molecule has 196 valence electrons. The number of anilines is 1. The average Bonchev–Trinajstić information content (AvgIpc) is 2.82. The van der Waals surface area contributed by atoms with Crippen molar-refractivity contribution in [1.82, 2.24) is 0 Å². The molecule has 0 saturated heterocycles. The third-order valence-corrected chi connectivity index (χ3v) is 7.99. The lowest BCUT2D eigenvalue weighted by Crippen LogP contribution is -2.47. The Kier molecular flexibility index (Phi) is 7.29. The van der Waals surface area contributed by atoms with E-state index in [9.17, 15) is 31.1 Å². The van der Waals surface area contributed by atoms with E-state index in [4.69, 9.17) is 16.3 Å². The van der Waals surface area contributed by atoms with Gasteiger partial charge in [-0.05, 0) is 67.4 Å². The highest BCUT2D eigenvalue weighted by atomic mass is 35.5. The minimum Gasteiger partial charge on any atom is -0.484 e. The van der Waals surface area contributed by atoms with E-state index in [2.05, 4.69) is 0 Å². The Morgan fingerprint density at radius 2 is 1.86 bits per heavy atom. The first-order valence-electron chi connectivity index (χ1n) is 11.1. The third-order valence-electron chi connectivity index (χ3n) is 5.90. The average molecular weight is 556 g/mol. The fraction of sp³-hybridized carbons (Fsp3) is 0.231. The number of hydrogen-bond donors (Lipinski definition) is 1. The molecule has 3 aromatic rings. The minimum absolute atomic E-state index is 0.0653. The fourth-order valence-corrected chi connectivity index (χ4v) is 5.85. The van der Waals surface area contributed by atoms with Crippen LogP contribution in [-0.2, 0) is 16.2 Å². The molecule has 5 nitrogen and oxygen atoms in total. The molecule has 11 heteroatoms. The second kappa shape index (κ2) is 10.00. The molecule has 1 heterocycles. The van der Waals surface area contributed by atoms with Gasteiger partial charge in [-0.15, -0.1) is 0 Å². The molecule has 0 radical (unpaired) electrons. The molecule has 0 aliphatic carbocycles. The summed E-state index contributed by atoms with van der Waals surface area (Å²) in [5.74, 6) is -0.414. The van der Waals surface area contributed by atoms with Crippen molar-refractivity contribution in [3.05, 3.63) is 88.2 Å². The minimum atomic E-state index is -4.74. The van der Waals surface area contributed by atoms with Crippen LogP contribution in [0.4, 0.5) is 23.2 Å². The van der Waals surface area contributed by atoms with Crippen molar-refractivity contribution >= 4 is 39.0 Å². The summed E-state index contributed by atoms with van der Waals surface area (Å²) in [4.78, 5) is -0.560. The highest BCUT2D eigenvalue weighted by Gasteiger charge is 2.38. The first-order valence-corrected chi connectivity index (χ1v) is 12.9. The van der Waals surface area contributed by atoms with E-state index < -0.39 is 44.7 Å². The number of hydrogen-bond acceptors (Lipinski definition) is 4. The van der Waals surface area contributed by atoms with Gasteiger partial charge in [0.05, 0.1) is 33.8 Å². The normalized spacial score (nSPS) is 17.2. The molecule has 0 bridgehead atoms. The Bertz CT molecular complexity index is 1450. The van der Waals surface area contributed by atoms with Gasteiger partial charge in [-0.2, -0.15) is 13.2 Å². The number of alkyl halides is 3. The number of sulfonamides is 1. The molecule has 0 spiro atoms. The summed E-state index contributed by atoms with van der Waals surface area (Å²) in [6.45, 7) is 2.72. The van der Waals surface area contributed by atoms with Crippen molar-refractivity contribution in [2.75, 3.05) is 10.8 Å². The Balaban J connectivity index is 1.82. The maximum atomic E-state index is 14.4. The summed E-state index contributed by atoms with van der Waals surface area (Å²) >= 11 is 6.16. The lowest BCUT2D eigenvalue weighted by atomic mass is 10.0. The van der Waals surface area contributed by atoms with Crippen LogP contribution in [0.1, 0.15) is 30.5 Å². The van der Waals surface area contributed by atoms with Crippen molar-refractivity contribution in [3.8, 4) is 5.75 Å². The number of fused-ring (bicyclic) bond motifs is 1. The summed E-state index contributed by atoms with van der Waals surface area (Å²) < 4.78 is 88.1. The SMILES string of the molecule is CC(=Cc1ccc2c(c1)N(S(=O)(=O)c1cccc(C(F)(F)F)c1)CC(C(C)O)O2)c1c(F)cccc1Cl. The number of ether oxygens (including phenoxy) is 1. The lowest BCUT2D eigenvalue weighted by molar-refractivity contribution is -0.137. The van der Waals surface area contributed by atoms with Crippen molar-refractivity contribution in [2.24, 2.45) is 0 Å². The van der Waals surface area contributed by atoms with Crippen LogP contribution < -0.4 is 9.04 Å². The van der Waals surface area contributed by atoms with E-state index in [1.54, 1.807) is 19.1 Å². The zero-order valence-electron chi connectivity index (χ0n) is 19.6. The molecule has 2 atom stereocenters. The van der Waals surface area contributed by atoms with E-state index in [1.807, 2.05) is 0 Å². The van der Waals surface area contributed by atoms with Gasteiger partial charge in [0.15, 0.2) is 0 Å². The topological polar surface area (TPSA) is 66.8 Å². The number of benzene rings is 3. The summed E-state index contributed by atoms with van der Waals surface area (Å²) in [6.07, 6.45) is -5.17.